The molecule has 9 heteroatoms. The normalized spacial score (nSPS) is 11.4. The Morgan fingerprint density at radius 3 is 2.53 bits per heavy atom. The first-order valence-corrected chi connectivity index (χ1v) is 11.5. The van der Waals surface area contributed by atoms with Crippen LogP contribution in [0.1, 0.15) is 19.0 Å². The number of halogens is 1. The molecule has 0 aliphatic carbocycles. The monoisotopic (exact) mass is 477 g/mol. The molecule has 8 nitrogen and oxygen atoms in total. The van der Waals surface area contributed by atoms with E-state index in [-0.39, 0.29) is 11.6 Å². The zero-order valence-corrected chi connectivity index (χ0v) is 19.3. The predicted molar refractivity (Wildman–Crippen MR) is 134 cm³/mol. The third-order valence-electron chi connectivity index (χ3n) is 6.13. The number of imidazole rings is 1. The summed E-state index contributed by atoms with van der Waals surface area (Å²) in [7, 11) is 0. The van der Waals surface area contributed by atoms with Gasteiger partial charge in [-0.3, -0.25) is 19.9 Å². The number of carbonyl (C=O) groups excluding carboxylic acids is 1. The fourth-order valence-electron chi connectivity index (χ4n) is 4.16. The third kappa shape index (κ3) is 3.90. The van der Waals surface area contributed by atoms with Crippen molar-refractivity contribution < 1.29 is 9.18 Å². The van der Waals surface area contributed by atoms with Gasteiger partial charge in [-0.15, -0.1) is 0 Å². The van der Waals surface area contributed by atoms with Crippen LogP contribution in [0.5, 0.6) is 0 Å². The van der Waals surface area contributed by atoms with Crippen LogP contribution in [0.4, 0.5) is 4.39 Å². The lowest BCUT2D eigenvalue weighted by atomic mass is 10.1. The number of nitrogens with zero attached hydrogens (tertiary/aromatic N) is 5. The van der Waals surface area contributed by atoms with E-state index in [0.717, 1.165) is 44.4 Å². The van der Waals surface area contributed by atoms with Crippen molar-refractivity contribution in [1.82, 2.24) is 35.1 Å². The van der Waals surface area contributed by atoms with Crippen molar-refractivity contribution >= 4 is 27.9 Å². The molecule has 0 atom stereocenters. The molecule has 2 N–H and O–H groups in total. The smallest absolute Gasteiger partial charge is 0.181 e. The number of nitrogens with one attached hydrogen (secondary N) is 2. The highest BCUT2D eigenvalue weighted by Crippen LogP contribution is 2.32. The number of hydrogen-bond donors (Lipinski definition) is 2. The van der Waals surface area contributed by atoms with Crippen molar-refractivity contribution in [2.45, 2.75) is 19.8 Å². The minimum Gasteiger partial charge on any atom is -0.335 e. The molecule has 0 saturated carbocycles. The topological polar surface area (TPSA) is 113 Å². The van der Waals surface area contributed by atoms with Crippen molar-refractivity contribution in [3.05, 3.63) is 78.8 Å². The molecule has 36 heavy (non-hydrogen) atoms. The number of hydrogen-bond acceptors (Lipinski definition) is 6. The van der Waals surface area contributed by atoms with Gasteiger partial charge < -0.3 is 4.98 Å². The summed E-state index contributed by atoms with van der Waals surface area (Å²) in [6, 6.07) is 12.0. The van der Waals surface area contributed by atoms with Crippen molar-refractivity contribution in [2.75, 3.05) is 0 Å². The van der Waals surface area contributed by atoms with Gasteiger partial charge >= 0.3 is 0 Å². The Kier molecular flexibility index (Phi) is 5.29. The summed E-state index contributed by atoms with van der Waals surface area (Å²) in [6.45, 7) is 1.85. The van der Waals surface area contributed by atoms with Crippen molar-refractivity contribution in [3.63, 3.8) is 0 Å². The second kappa shape index (κ2) is 8.77. The lowest BCUT2D eigenvalue weighted by Gasteiger charge is -2.03. The minimum atomic E-state index is -0.298. The zero-order valence-electron chi connectivity index (χ0n) is 19.3. The van der Waals surface area contributed by atoms with E-state index in [2.05, 4.69) is 30.1 Å². The molecule has 0 aliphatic rings. The predicted octanol–water partition coefficient (Wildman–Crippen LogP) is 5.29. The van der Waals surface area contributed by atoms with E-state index in [0.29, 0.717) is 30.0 Å². The maximum atomic E-state index is 13.4. The second-order valence-corrected chi connectivity index (χ2v) is 8.48. The zero-order chi connectivity index (χ0) is 24.6. The quantitative estimate of drug-likeness (QED) is 0.337. The summed E-state index contributed by atoms with van der Waals surface area (Å²) in [6.07, 6.45) is 7.75. The standard InChI is InChI=1S/C27H20FN7O/c1-2-20(36)10-19-8-5-16(11-30-19)17-9-21-25(34-35-26(21)31-12-17)27-32-23-14-29-13-22(24(23)33-27)15-3-6-18(28)7-4-15/h3-9,11-14H,2,10H2,1H3,(H,32,33)(H,31,34,35). The van der Waals surface area contributed by atoms with Crippen LogP contribution in [0.3, 0.4) is 0 Å². The Bertz CT molecular complexity index is 1720. The number of benzene rings is 1. The molecular formula is C27H20FN7O. The van der Waals surface area contributed by atoms with Gasteiger partial charge in [-0.1, -0.05) is 25.1 Å². The Labute approximate surface area is 204 Å². The maximum absolute atomic E-state index is 13.4. The maximum Gasteiger partial charge on any atom is 0.181 e. The summed E-state index contributed by atoms with van der Waals surface area (Å²) in [5.74, 6) is 0.451. The number of rotatable bonds is 6. The SMILES string of the molecule is CCC(=O)Cc1ccc(-c2cnc3n[nH]c(-c4nc5c(-c6ccc(F)cc6)cncc5[nH]4)c3c2)cn1. The lowest BCUT2D eigenvalue weighted by molar-refractivity contribution is -0.118. The van der Waals surface area contributed by atoms with E-state index in [1.165, 1.54) is 12.1 Å². The number of H-pyrrole nitrogens is 2. The van der Waals surface area contributed by atoms with Gasteiger partial charge in [0, 0.05) is 53.8 Å². The first kappa shape index (κ1) is 21.7. The molecule has 0 unspecified atom stereocenters. The summed E-state index contributed by atoms with van der Waals surface area (Å²) in [5.41, 5.74) is 6.85. The van der Waals surface area contributed by atoms with Gasteiger partial charge in [-0.05, 0) is 29.8 Å². The van der Waals surface area contributed by atoms with Crippen LogP contribution in [0.15, 0.2) is 67.3 Å². The number of pyridine rings is 3. The Balaban J connectivity index is 1.39. The highest BCUT2D eigenvalue weighted by atomic mass is 19.1. The molecule has 6 aromatic rings. The molecule has 6 rings (SSSR count). The Morgan fingerprint density at radius 2 is 1.75 bits per heavy atom. The molecule has 0 bridgehead atoms. The molecule has 0 radical (unpaired) electrons. The Morgan fingerprint density at radius 1 is 0.944 bits per heavy atom. The largest absolute Gasteiger partial charge is 0.335 e. The van der Waals surface area contributed by atoms with Crippen LogP contribution < -0.4 is 0 Å². The Hall–Kier alpha value is -4.79. The van der Waals surface area contributed by atoms with Crippen LogP contribution >= 0.6 is 0 Å². The summed E-state index contributed by atoms with van der Waals surface area (Å²) < 4.78 is 13.4. The number of ketones is 1. The molecule has 0 saturated heterocycles. The number of Topliss-reactive ketones (excluding diaryl/α,β-unsaturated/α-hetero) is 1. The third-order valence-corrected chi connectivity index (χ3v) is 6.13. The fourth-order valence-corrected chi connectivity index (χ4v) is 4.16. The fraction of sp³-hybridized carbons (Fsp3) is 0.111. The summed E-state index contributed by atoms with van der Waals surface area (Å²) in [5, 5.41) is 8.18. The first-order chi connectivity index (χ1) is 17.6. The molecule has 1 aromatic carbocycles. The van der Waals surface area contributed by atoms with Crippen molar-refractivity contribution in [1.29, 1.82) is 0 Å². The first-order valence-electron chi connectivity index (χ1n) is 11.5. The number of carbonyl (C=O) groups is 1. The van der Waals surface area contributed by atoms with Gasteiger partial charge in [0.05, 0.1) is 22.6 Å². The van der Waals surface area contributed by atoms with Crippen LogP contribution in [-0.4, -0.2) is 40.9 Å². The average Bonchev–Trinajstić information content (AvgIpc) is 3.53. The molecule has 0 amide bonds. The van der Waals surface area contributed by atoms with E-state index in [4.69, 9.17) is 4.98 Å². The highest BCUT2D eigenvalue weighted by Gasteiger charge is 2.16. The number of aromatic nitrogens is 7. The summed E-state index contributed by atoms with van der Waals surface area (Å²) >= 11 is 0. The van der Waals surface area contributed by atoms with Gasteiger partial charge in [0.15, 0.2) is 11.5 Å². The molecular weight excluding hydrogens is 457 g/mol. The van der Waals surface area contributed by atoms with Crippen LogP contribution in [0, 0.1) is 5.82 Å². The van der Waals surface area contributed by atoms with E-state index < -0.39 is 0 Å². The minimum absolute atomic E-state index is 0.157. The lowest BCUT2D eigenvalue weighted by Crippen LogP contribution is -2.02. The number of fused-ring (bicyclic) bond motifs is 2. The number of aromatic amines is 2. The van der Waals surface area contributed by atoms with E-state index in [1.54, 1.807) is 36.9 Å². The van der Waals surface area contributed by atoms with E-state index in [9.17, 15) is 9.18 Å². The van der Waals surface area contributed by atoms with Crippen molar-refractivity contribution in [3.8, 4) is 33.8 Å². The molecule has 5 heterocycles. The van der Waals surface area contributed by atoms with Gasteiger partial charge in [-0.2, -0.15) is 5.10 Å². The van der Waals surface area contributed by atoms with E-state index in [1.807, 2.05) is 25.1 Å². The average molecular weight is 478 g/mol. The van der Waals surface area contributed by atoms with Crippen LogP contribution in [0.2, 0.25) is 0 Å². The summed E-state index contributed by atoms with van der Waals surface area (Å²) in [4.78, 5) is 33.1. The molecule has 176 valence electrons. The molecule has 5 aromatic heterocycles. The van der Waals surface area contributed by atoms with Gasteiger partial charge in [0.2, 0.25) is 0 Å². The molecule has 0 spiro atoms. The van der Waals surface area contributed by atoms with Crippen LogP contribution in [0.25, 0.3) is 55.8 Å². The second-order valence-electron chi connectivity index (χ2n) is 8.48. The molecule has 0 aliphatic heterocycles. The van der Waals surface area contributed by atoms with Crippen LogP contribution in [-0.2, 0) is 11.2 Å². The van der Waals surface area contributed by atoms with Gasteiger partial charge in [-0.25, -0.2) is 14.4 Å². The van der Waals surface area contributed by atoms with Gasteiger partial charge in [0.1, 0.15) is 17.3 Å². The van der Waals surface area contributed by atoms with E-state index >= 15 is 0 Å². The van der Waals surface area contributed by atoms with Gasteiger partial charge in [0.25, 0.3) is 0 Å². The highest BCUT2D eigenvalue weighted by molar-refractivity contribution is 5.96. The molecule has 0 fully saturated rings. The van der Waals surface area contributed by atoms with Crippen molar-refractivity contribution in [2.24, 2.45) is 0 Å².